The van der Waals surface area contributed by atoms with E-state index in [2.05, 4.69) is 9.44 Å². The van der Waals surface area contributed by atoms with Gasteiger partial charge in [0.1, 0.15) is 0 Å². The molecule has 19 heteroatoms. The fourth-order valence-corrected chi connectivity index (χ4v) is 7.19. The van der Waals surface area contributed by atoms with Gasteiger partial charge in [0.25, 0.3) is 46.0 Å². The molecule has 0 aliphatic heterocycles. The standard InChI is InChI=1S/C20H19N3O6S2.2C7H8O3S/c1-14-3-8-17(9-4-14)30(26,27)21-19-12-7-16(23(24)25)13-20(19)22-31(28,29)18-10-5-15(2)6-11-18;2*1-6-2-4-7(5-3-6)11(8,9)10/h3-13,21-22H,1-2H3;2*2-5H,1H3,(H,8,9,10). The number of nitrogens with zero attached hydrogens (tertiary/aromatic N) is 1. The van der Waals surface area contributed by atoms with Crippen molar-refractivity contribution in [1.82, 2.24) is 0 Å². The van der Waals surface area contributed by atoms with Crippen molar-refractivity contribution in [3.05, 3.63) is 148 Å². The Bertz CT molecular complexity index is 2430. The molecule has 0 radical (unpaired) electrons. The van der Waals surface area contributed by atoms with Crippen LogP contribution < -0.4 is 9.44 Å². The summed E-state index contributed by atoms with van der Waals surface area (Å²) in [6.07, 6.45) is 0. The van der Waals surface area contributed by atoms with Gasteiger partial charge in [-0.1, -0.05) is 70.8 Å². The lowest BCUT2D eigenvalue weighted by molar-refractivity contribution is -0.384. The second kappa shape index (κ2) is 17.1. The Morgan fingerprint density at radius 2 is 0.736 bits per heavy atom. The summed E-state index contributed by atoms with van der Waals surface area (Å²) in [6, 6.07) is 27.1. The van der Waals surface area contributed by atoms with Gasteiger partial charge in [-0.3, -0.25) is 28.7 Å². The number of aryl methyl sites for hydroxylation is 4. The average Bonchev–Trinajstić information content (AvgIpc) is 3.06. The monoisotopic (exact) mass is 805 g/mol. The molecule has 0 aromatic heterocycles. The van der Waals surface area contributed by atoms with Crippen molar-refractivity contribution in [2.75, 3.05) is 9.44 Å². The molecule has 0 aliphatic carbocycles. The molecule has 0 fully saturated rings. The van der Waals surface area contributed by atoms with Crippen LogP contribution in [0, 0.1) is 37.8 Å². The Morgan fingerprint density at radius 3 is 1.02 bits per heavy atom. The quantitative estimate of drug-likeness (QED) is 0.0729. The van der Waals surface area contributed by atoms with Crippen LogP contribution in [-0.4, -0.2) is 47.7 Å². The van der Waals surface area contributed by atoms with Crippen LogP contribution in [0.2, 0.25) is 0 Å². The van der Waals surface area contributed by atoms with E-state index in [1.807, 2.05) is 13.8 Å². The molecule has 0 bridgehead atoms. The second-order valence-corrected chi connectivity index (χ2v) is 17.6. The molecule has 0 aliphatic rings. The molecular formula is C34H35N3O12S4. The van der Waals surface area contributed by atoms with Crippen LogP contribution in [0.25, 0.3) is 0 Å². The van der Waals surface area contributed by atoms with E-state index in [4.69, 9.17) is 9.11 Å². The Labute approximate surface area is 308 Å². The Kier molecular flexibility index (Phi) is 13.6. The minimum Gasteiger partial charge on any atom is -0.282 e. The van der Waals surface area contributed by atoms with Gasteiger partial charge < -0.3 is 0 Å². The fraction of sp³-hybridized carbons (Fsp3) is 0.118. The highest BCUT2D eigenvalue weighted by molar-refractivity contribution is 7.93. The first-order valence-corrected chi connectivity index (χ1v) is 20.9. The molecule has 282 valence electrons. The summed E-state index contributed by atoms with van der Waals surface area (Å²) < 4.78 is 115. The average molecular weight is 806 g/mol. The number of sulfonamides is 2. The van der Waals surface area contributed by atoms with Crippen molar-refractivity contribution in [2.24, 2.45) is 0 Å². The van der Waals surface area contributed by atoms with Crippen LogP contribution in [0.1, 0.15) is 22.3 Å². The van der Waals surface area contributed by atoms with E-state index >= 15 is 0 Å². The van der Waals surface area contributed by atoms with E-state index < -0.39 is 50.9 Å². The van der Waals surface area contributed by atoms with E-state index in [0.29, 0.717) is 0 Å². The van der Waals surface area contributed by atoms with E-state index in [1.165, 1.54) is 48.5 Å². The molecule has 0 heterocycles. The van der Waals surface area contributed by atoms with Gasteiger partial charge in [0.15, 0.2) is 0 Å². The molecule has 0 atom stereocenters. The zero-order valence-corrected chi connectivity index (χ0v) is 31.8. The number of non-ortho nitro benzene ring substituents is 1. The smallest absolute Gasteiger partial charge is 0.282 e. The van der Waals surface area contributed by atoms with Crippen LogP contribution in [0.3, 0.4) is 0 Å². The maximum absolute atomic E-state index is 12.8. The molecule has 5 rings (SSSR count). The summed E-state index contributed by atoms with van der Waals surface area (Å²) in [5.41, 5.74) is 2.80. The van der Waals surface area contributed by atoms with Gasteiger partial charge in [-0.15, -0.1) is 0 Å². The fourth-order valence-electron chi connectivity index (χ4n) is 4.08. The molecule has 0 spiro atoms. The lowest BCUT2D eigenvalue weighted by atomic mass is 10.2. The maximum Gasteiger partial charge on any atom is 0.294 e. The Morgan fingerprint density at radius 1 is 0.453 bits per heavy atom. The van der Waals surface area contributed by atoms with E-state index in [1.54, 1.807) is 62.4 Å². The summed E-state index contributed by atoms with van der Waals surface area (Å²) in [7, 11) is -16.2. The molecule has 0 saturated heterocycles. The van der Waals surface area contributed by atoms with Crippen molar-refractivity contribution >= 4 is 57.3 Å². The van der Waals surface area contributed by atoms with Gasteiger partial charge in [0.05, 0.1) is 35.9 Å². The number of nitro benzene ring substituents is 1. The summed E-state index contributed by atoms with van der Waals surface area (Å²) in [5, 5.41) is 11.2. The normalized spacial score (nSPS) is 11.6. The number of benzene rings is 5. The number of anilines is 2. The van der Waals surface area contributed by atoms with Crippen molar-refractivity contribution in [3.8, 4) is 0 Å². The van der Waals surface area contributed by atoms with Crippen LogP contribution in [0.15, 0.2) is 135 Å². The number of nitro groups is 1. The summed E-state index contributed by atoms with van der Waals surface area (Å²) in [5.74, 6) is 0. The molecule has 0 saturated carbocycles. The van der Waals surface area contributed by atoms with Gasteiger partial charge in [0, 0.05) is 12.1 Å². The summed E-state index contributed by atoms with van der Waals surface area (Å²) in [4.78, 5) is 10.2. The number of hydrogen-bond donors (Lipinski definition) is 4. The molecule has 5 aromatic rings. The predicted molar refractivity (Wildman–Crippen MR) is 199 cm³/mol. The van der Waals surface area contributed by atoms with E-state index in [0.717, 1.165) is 40.5 Å². The Hall–Kier alpha value is -5.18. The SMILES string of the molecule is Cc1ccc(S(=O)(=O)Nc2ccc([N+](=O)[O-])cc2NS(=O)(=O)c2ccc(C)cc2)cc1.Cc1ccc(S(=O)(=O)O)cc1.Cc1ccc(S(=O)(=O)O)cc1. The Balaban J connectivity index is 0.000000278. The molecular weight excluding hydrogens is 771 g/mol. The molecule has 0 unspecified atom stereocenters. The first-order valence-electron chi connectivity index (χ1n) is 15.0. The minimum atomic E-state index is -4.13. The van der Waals surface area contributed by atoms with E-state index in [-0.39, 0.29) is 31.0 Å². The van der Waals surface area contributed by atoms with Crippen LogP contribution in [0.5, 0.6) is 0 Å². The van der Waals surface area contributed by atoms with Gasteiger partial charge >= 0.3 is 0 Å². The number of rotatable bonds is 9. The van der Waals surface area contributed by atoms with Crippen molar-refractivity contribution in [2.45, 2.75) is 47.3 Å². The summed E-state index contributed by atoms with van der Waals surface area (Å²) >= 11 is 0. The largest absolute Gasteiger partial charge is 0.294 e. The second-order valence-electron chi connectivity index (χ2n) is 11.4. The molecule has 5 aromatic carbocycles. The van der Waals surface area contributed by atoms with Gasteiger partial charge in [-0.2, -0.15) is 16.8 Å². The highest BCUT2D eigenvalue weighted by Crippen LogP contribution is 2.31. The third-order valence-electron chi connectivity index (χ3n) is 7.00. The molecule has 15 nitrogen and oxygen atoms in total. The van der Waals surface area contributed by atoms with Crippen molar-refractivity contribution in [1.29, 1.82) is 0 Å². The zero-order chi connectivity index (χ0) is 39.8. The third kappa shape index (κ3) is 12.8. The highest BCUT2D eigenvalue weighted by Gasteiger charge is 2.22. The minimum absolute atomic E-state index is 0.0382. The first kappa shape index (κ1) is 42.2. The lowest BCUT2D eigenvalue weighted by Gasteiger charge is -2.15. The highest BCUT2D eigenvalue weighted by atomic mass is 32.2. The van der Waals surface area contributed by atoms with Gasteiger partial charge in [0.2, 0.25) is 0 Å². The first-order chi connectivity index (χ1) is 24.5. The van der Waals surface area contributed by atoms with E-state index in [9.17, 15) is 43.8 Å². The maximum atomic E-state index is 12.8. The third-order valence-corrected chi connectivity index (χ3v) is 11.5. The van der Waals surface area contributed by atoms with Crippen molar-refractivity contribution < 1.29 is 47.7 Å². The van der Waals surface area contributed by atoms with Crippen LogP contribution in [-0.2, 0) is 40.3 Å². The van der Waals surface area contributed by atoms with Crippen LogP contribution >= 0.6 is 0 Å². The van der Waals surface area contributed by atoms with Crippen LogP contribution in [0.4, 0.5) is 17.1 Å². The van der Waals surface area contributed by atoms with Gasteiger partial charge in [-0.05, 0) is 82.3 Å². The lowest BCUT2D eigenvalue weighted by Crippen LogP contribution is -2.18. The predicted octanol–water partition coefficient (Wildman–Crippen LogP) is 6.30. The summed E-state index contributed by atoms with van der Waals surface area (Å²) in [6.45, 7) is 7.28. The van der Waals surface area contributed by atoms with Gasteiger partial charge in [-0.25, -0.2) is 16.8 Å². The number of nitrogens with one attached hydrogen (secondary N) is 2. The molecule has 53 heavy (non-hydrogen) atoms. The molecule has 0 amide bonds. The molecule has 4 N–H and O–H groups in total. The topological polar surface area (TPSA) is 244 Å². The zero-order valence-electron chi connectivity index (χ0n) is 28.5. The van der Waals surface area contributed by atoms with Crippen molar-refractivity contribution in [3.63, 3.8) is 0 Å². The number of hydrogen-bond acceptors (Lipinski definition) is 10.